The summed E-state index contributed by atoms with van der Waals surface area (Å²) in [5.41, 5.74) is 3.53. The molecule has 0 saturated heterocycles. The largest absolute Gasteiger partial charge is 0.446 e. The van der Waals surface area contributed by atoms with Crippen molar-refractivity contribution >= 4 is 106 Å². The van der Waals surface area contributed by atoms with Gasteiger partial charge in [-0.3, -0.25) is 9.59 Å². The van der Waals surface area contributed by atoms with Crippen molar-refractivity contribution in [3.63, 3.8) is 0 Å². The molecular weight excluding hydrogens is 764 g/mol. The van der Waals surface area contributed by atoms with Gasteiger partial charge in [-0.25, -0.2) is 4.90 Å². The fraction of sp³-hybridized carbons (Fsp3) is 0.167. The van der Waals surface area contributed by atoms with Gasteiger partial charge in [0.05, 0.1) is 12.8 Å². The summed E-state index contributed by atoms with van der Waals surface area (Å²) in [5.74, 6) is -1.07. The second kappa shape index (κ2) is 10.6. The average molecular weight is 791 g/mol. The van der Waals surface area contributed by atoms with E-state index in [4.69, 9.17) is 8.83 Å². The van der Waals surface area contributed by atoms with Crippen LogP contribution in [0.25, 0.3) is 43.5 Å². The van der Waals surface area contributed by atoms with Crippen molar-refractivity contribution in [2.24, 2.45) is 0 Å². The van der Waals surface area contributed by atoms with Gasteiger partial charge in [-0.15, -0.1) is 0 Å². The van der Waals surface area contributed by atoms with E-state index < -0.39 is 11.8 Å². The van der Waals surface area contributed by atoms with Crippen LogP contribution in [-0.2, 0) is 0 Å². The van der Waals surface area contributed by atoms with Crippen LogP contribution in [0.5, 0.6) is 0 Å². The van der Waals surface area contributed by atoms with Crippen molar-refractivity contribution in [3.05, 3.63) is 109 Å². The lowest BCUT2D eigenvalue weighted by Crippen LogP contribution is -2.31. The Balaban J connectivity index is 1.68. The minimum Gasteiger partial charge on any atom is -0.446 e. The number of anilines is 1. The molecule has 1 aromatic heterocycles. The summed E-state index contributed by atoms with van der Waals surface area (Å²) in [6.07, 6.45) is 0. The van der Waals surface area contributed by atoms with Crippen LogP contribution in [0.15, 0.2) is 87.7 Å². The first-order valence-corrected chi connectivity index (χ1v) is 16.4. The van der Waals surface area contributed by atoms with Gasteiger partial charge >= 0.3 is 11.8 Å². The molecule has 7 heteroatoms. The van der Waals surface area contributed by atoms with Crippen LogP contribution in [0.4, 0.5) is 5.69 Å². The lowest BCUT2D eigenvalue weighted by atomic mass is 9.92. The van der Waals surface area contributed by atoms with Crippen molar-refractivity contribution in [3.8, 4) is 0 Å². The van der Waals surface area contributed by atoms with Crippen LogP contribution in [0.1, 0.15) is 71.8 Å². The molecule has 214 valence electrons. The van der Waals surface area contributed by atoms with Gasteiger partial charge in [-0.05, 0) is 102 Å². The Hall–Kier alpha value is -3.44. The molecule has 1 aliphatic heterocycles. The summed E-state index contributed by atoms with van der Waals surface area (Å²) >= 11 is 4.53. The first-order chi connectivity index (χ1) is 20.7. The Morgan fingerprint density at radius 1 is 0.605 bits per heavy atom. The first-order valence-electron chi connectivity index (χ1n) is 14.2. The molecule has 1 aliphatic rings. The number of fused-ring (bicyclic) bond motifs is 8. The van der Waals surface area contributed by atoms with Gasteiger partial charge in [0.15, 0.2) is 0 Å². The highest BCUT2D eigenvalue weighted by molar-refractivity contribution is 14.1. The Bertz CT molecular complexity index is 2070. The first kappa shape index (κ1) is 28.3. The fourth-order valence-corrected chi connectivity index (χ4v) is 7.56. The minimum absolute atomic E-state index is 0.0837. The summed E-state index contributed by atoms with van der Waals surface area (Å²) in [6, 6.07) is 26.3. The lowest BCUT2D eigenvalue weighted by Gasteiger charge is -2.24. The second-order valence-electron chi connectivity index (χ2n) is 11.5. The average Bonchev–Trinajstić information content (AvgIpc) is 3.19. The molecule has 0 N–H and O–H groups in total. The van der Waals surface area contributed by atoms with E-state index >= 15 is 0 Å². The van der Waals surface area contributed by atoms with E-state index in [1.54, 1.807) is 0 Å². The number of hydrogen-bond acceptors (Lipinski definition) is 4. The van der Waals surface area contributed by atoms with Crippen LogP contribution < -0.4 is 4.90 Å². The van der Waals surface area contributed by atoms with Crippen LogP contribution in [0.3, 0.4) is 0 Å². The number of nitrogens with zero attached hydrogens (tertiary/aromatic N) is 1. The number of hydrogen-bond donors (Lipinski definition) is 0. The van der Waals surface area contributed by atoms with Crippen LogP contribution in [0, 0.1) is 7.14 Å². The topological polar surface area (TPSA) is 63.7 Å². The molecular formula is C36H27I2NO4. The molecule has 5 aromatic carbocycles. The van der Waals surface area contributed by atoms with Crippen molar-refractivity contribution < 1.29 is 18.4 Å². The van der Waals surface area contributed by atoms with E-state index in [9.17, 15) is 9.59 Å². The van der Waals surface area contributed by atoms with Gasteiger partial charge in [-0.2, -0.15) is 0 Å². The zero-order valence-electron chi connectivity index (χ0n) is 24.0. The molecule has 6 aromatic rings. The Labute approximate surface area is 275 Å². The Morgan fingerprint density at radius 2 is 1.02 bits per heavy atom. The minimum atomic E-state index is -0.524. The van der Waals surface area contributed by atoms with Gasteiger partial charge in [0.2, 0.25) is 11.5 Å². The quantitative estimate of drug-likeness (QED) is 0.132. The van der Waals surface area contributed by atoms with Gasteiger partial charge in [0.25, 0.3) is 0 Å². The molecule has 7 rings (SSSR count). The molecule has 0 fully saturated rings. The Kier molecular flexibility index (Phi) is 7.00. The zero-order chi connectivity index (χ0) is 30.2. The number of halogens is 2. The highest BCUT2D eigenvalue weighted by Gasteiger charge is 2.44. The number of amides is 2. The predicted molar refractivity (Wildman–Crippen MR) is 190 cm³/mol. The highest BCUT2D eigenvalue weighted by atomic mass is 127. The maximum Gasteiger partial charge on any atom is 0.305 e. The van der Waals surface area contributed by atoms with Crippen molar-refractivity contribution in [1.29, 1.82) is 0 Å². The third-order valence-corrected chi connectivity index (χ3v) is 9.74. The number of carbonyl (C=O) groups is 2. The number of rotatable bonds is 3. The maximum absolute atomic E-state index is 14.4. The standard InChI is InChI=1S/C36H27I2NO4/c1-18(2)22-14-9-15-23(19(3)4)30(22)39-35(40)33-34(36(39)41)43-32-27(38)17-21-11-6-8-13-25(21)29(32)28-24-12-7-5-10-20(24)16-26(37)31(28)42-33/h5-19H,1-4H3. The summed E-state index contributed by atoms with van der Waals surface area (Å²) in [7, 11) is 0. The number of para-hydroxylation sites is 1. The number of carbonyl (C=O) groups excluding carboxylic acids is 2. The fourth-order valence-electron chi connectivity index (χ4n) is 6.13. The molecule has 0 saturated carbocycles. The monoisotopic (exact) mass is 791 g/mol. The molecule has 0 atom stereocenters. The van der Waals surface area contributed by atoms with Crippen LogP contribution in [-0.4, -0.2) is 11.8 Å². The third-order valence-electron chi connectivity index (χ3n) is 8.14. The smallest absolute Gasteiger partial charge is 0.305 e. The molecule has 5 nitrogen and oxygen atoms in total. The second-order valence-corrected chi connectivity index (χ2v) is 13.8. The molecule has 2 heterocycles. The molecule has 2 amide bonds. The van der Waals surface area contributed by atoms with Crippen molar-refractivity contribution in [2.75, 3.05) is 4.90 Å². The van der Waals surface area contributed by atoms with E-state index in [0.29, 0.717) is 16.9 Å². The van der Waals surface area contributed by atoms with E-state index in [1.165, 1.54) is 4.90 Å². The molecule has 0 bridgehead atoms. The van der Waals surface area contributed by atoms with Crippen molar-refractivity contribution in [1.82, 2.24) is 0 Å². The van der Waals surface area contributed by atoms with Crippen molar-refractivity contribution in [2.45, 2.75) is 39.5 Å². The molecule has 0 radical (unpaired) electrons. The third kappa shape index (κ3) is 4.37. The van der Waals surface area contributed by atoms with Crippen LogP contribution in [0.2, 0.25) is 0 Å². The van der Waals surface area contributed by atoms with Gasteiger partial charge in [0, 0.05) is 10.8 Å². The lowest BCUT2D eigenvalue weighted by molar-refractivity contribution is 0.0910. The SMILES string of the molecule is CC(C)c1cccc(C(C)C)c1N1C(=O)c2oc3c(I)cc4ccccc4c3c3c(oc2C1=O)c(I)cc1ccccc13. The summed E-state index contributed by atoms with van der Waals surface area (Å²) in [5, 5.41) is 5.70. The van der Waals surface area contributed by atoms with Gasteiger partial charge in [-0.1, -0.05) is 94.4 Å². The van der Waals surface area contributed by atoms with Gasteiger partial charge in [0.1, 0.15) is 11.2 Å². The summed E-state index contributed by atoms with van der Waals surface area (Å²) < 4.78 is 14.9. The molecule has 0 unspecified atom stereocenters. The van der Waals surface area contributed by atoms with Gasteiger partial charge < -0.3 is 8.83 Å². The van der Waals surface area contributed by atoms with E-state index in [0.717, 1.165) is 50.6 Å². The molecule has 43 heavy (non-hydrogen) atoms. The van der Waals surface area contributed by atoms with Crippen LogP contribution >= 0.6 is 45.2 Å². The zero-order valence-corrected chi connectivity index (χ0v) is 28.3. The molecule has 0 aliphatic carbocycles. The highest BCUT2D eigenvalue weighted by Crippen LogP contribution is 2.43. The van der Waals surface area contributed by atoms with E-state index in [2.05, 4.69) is 109 Å². The normalized spacial score (nSPS) is 13.3. The maximum atomic E-state index is 14.4. The van der Waals surface area contributed by atoms with E-state index in [1.807, 2.05) is 42.5 Å². The predicted octanol–water partition coefficient (Wildman–Crippen LogP) is 10.9. The Morgan fingerprint density at radius 3 is 1.44 bits per heavy atom. The number of benzene rings is 5. The van der Waals surface area contributed by atoms with E-state index in [-0.39, 0.29) is 23.4 Å². The number of imide groups is 1. The summed E-state index contributed by atoms with van der Waals surface area (Å²) in [4.78, 5) is 30.1. The molecule has 0 spiro atoms. The summed E-state index contributed by atoms with van der Waals surface area (Å²) in [6.45, 7) is 8.27.